The van der Waals surface area contributed by atoms with Crippen molar-refractivity contribution in [1.82, 2.24) is 10.3 Å². The lowest BCUT2D eigenvalue weighted by Gasteiger charge is -2.30. The summed E-state index contributed by atoms with van der Waals surface area (Å²) in [6.07, 6.45) is 0. The number of piperazine rings is 1. The maximum atomic E-state index is 4.91. The highest BCUT2D eigenvalue weighted by Gasteiger charge is 2.16. The molecule has 3 aromatic rings. The summed E-state index contributed by atoms with van der Waals surface area (Å²) in [4.78, 5) is 7.37. The standard InChI is InChI=1S/C19H18BrN3/c20-16-8-4-7-15-18(23-11-9-21-10-12-23)13-17(22-19(15)16)14-5-2-1-3-6-14/h1-8,13,21H,9-12H2. The summed E-state index contributed by atoms with van der Waals surface area (Å²) in [5.41, 5.74) is 4.49. The van der Waals surface area contributed by atoms with Gasteiger partial charge in [-0.1, -0.05) is 42.5 Å². The molecule has 4 rings (SSSR count). The van der Waals surface area contributed by atoms with Crippen molar-refractivity contribution in [2.24, 2.45) is 0 Å². The first-order valence-electron chi connectivity index (χ1n) is 7.93. The second kappa shape index (κ2) is 6.30. The monoisotopic (exact) mass is 367 g/mol. The van der Waals surface area contributed by atoms with E-state index in [9.17, 15) is 0 Å². The minimum absolute atomic E-state index is 1.03. The van der Waals surface area contributed by atoms with Gasteiger partial charge in [-0.3, -0.25) is 0 Å². The van der Waals surface area contributed by atoms with E-state index in [0.717, 1.165) is 47.4 Å². The summed E-state index contributed by atoms with van der Waals surface area (Å²) in [5, 5.41) is 4.63. The number of hydrogen-bond donors (Lipinski definition) is 1. The van der Waals surface area contributed by atoms with Crippen LogP contribution in [-0.2, 0) is 0 Å². The number of pyridine rings is 1. The first-order chi connectivity index (χ1) is 11.3. The molecule has 1 aliphatic rings. The predicted molar refractivity (Wildman–Crippen MR) is 100.0 cm³/mol. The third-order valence-corrected chi connectivity index (χ3v) is 4.94. The van der Waals surface area contributed by atoms with E-state index in [-0.39, 0.29) is 0 Å². The Labute approximate surface area is 144 Å². The normalized spacial score (nSPS) is 15.1. The van der Waals surface area contributed by atoms with E-state index in [1.807, 2.05) is 6.07 Å². The average molecular weight is 368 g/mol. The van der Waals surface area contributed by atoms with Gasteiger partial charge in [-0.25, -0.2) is 4.98 Å². The summed E-state index contributed by atoms with van der Waals surface area (Å²) in [6, 6.07) is 18.9. The van der Waals surface area contributed by atoms with Gasteiger partial charge in [0.05, 0.1) is 11.2 Å². The van der Waals surface area contributed by atoms with Crippen LogP contribution in [0.4, 0.5) is 5.69 Å². The lowest BCUT2D eigenvalue weighted by atomic mass is 10.1. The van der Waals surface area contributed by atoms with E-state index in [1.54, 1.807) is 0 Å². The van der Waals surface area contributed by atoms with Crippen molar-refractivity contribution in [2.75, 3.05) is 31.1 Å². The van der Waals surface area contributed by atoms with E-state index < -0.39 is 0 Å². The van der Waals surface area contributed by atoms with E-state index in [2.05, 4.69) is 74.7 Å². The minimum Gasteiger partial charge on any atom is -0.368 e. The van der Waals surface area contributed by atoms with E-state index >= 15 is 0 Å². The second-order valence-electron chi connectivity index (χ2n) is 5.77. The van der Waals surface area contributed by atoms with Gasteiger partial charge in [0, 0.05) is 47.3 Å². The fraction of sp³-hybridized carbons (Fsp3) is 0.211. The number of benzene rings is 2. The topological polar surface area (TPSA) is 28.2 Å². The molecule has 1 aromatic heterocycles. The first-order valence-corrected chi connectivity index (χ1v) is 8.72. The number of hydrogen-bond acceptors (Lipinski definition) is 3. The largest absolute Gasteiger partial charge is 0.368 e. The quantitative estimate of drug-likeness (QED) is 0.739. The van der Waals surface area contributed by atoms with Crippen LogP contribution in [0.1, 0.15) is 0 Å². The van der Waals surface area contributed by atoms with Gasteiger partial charge in [0.25, 0.3) is 0 Å². The molecule has 2 heterocycles. The highest BCUT2D eigenvalue weighted by Crippen LogP contribution is 2.34. The van der Waals surface area contributed by atoms with Crippen LogP contribution in [0.3, 0.4) is 0 Å². The van der Waals surface area contributed by atoms with Gasteiger partial charge in [-0.05, 0) is 28.1 Å². The minimum atomic E-state index is 1.03. The van der Waals surface area contributed by atoms with E-state index in [0.29, 0.717) is 0 Å². The van der Waals surface area contributed by atoms with Gasteiger partial charge in [-0.2, -0.15) is 0 Å². The van der Waals surface area contributed by atoms with Crippen LogP contribution in [0.25, 0.3) is 22.2 Å². The molecule has 0 bridgehead atoms. The zero-order chi connectivity index (χ0) is 15.6. The Morgan fingerprint density at radius 2 is 1.74 bits per heavy atom. The number of nitrogens with zero attached hydrogens (tertiary/aromatic N) is 2. The summed E-state index contributed by atoms with van der Waals surface area (Å²) >= 11 is 3.67. The lowest BCUT2D eigenvalue weighted by Crippen LogP contribution is -2.43. The number of fused-ring (bicyclic) bond motifs is 1. The van der Waals surface area contributed by atoms with Crippen LogP contribution >= 0.6 is 15.9 Å². The molecule has 1 saturated heterocycles. The zero-order valence-electron chi connectivity index (χ0n) is 12.8. The van der Waals surface area contributed by atoms with Crippen LogP contribution < -0.4 is 10.2 Å². The Balaban J connectivity index is 1.93. The van der Waals surface area contributed by atoms with Gasteiger partial charge < -0.3 is 10.2 Å². The van der Waals surface area contributed by atoms with Crippen LogP contribution in [-0.4, -0.2) is 31.2 Å². The molecular weight excluding hydrogens is 350 g/mol. The summed E-state index contributed by atoms with van der Waals surface area (Å²) in [6.45, 7) is 4.11. The molecule has 2 aromatic carbocycles. The highest BCUT2D eigenvalue weighted by molar-refractivity contribution is 9.10. The fourth-order valence-electron chi connectivity index (χ4n) is 3.12. The molecule has 23 heavy (non-hydrogen) atoms. The summed E-state index contributed by atoms with van der Waals surface area (Å²) in [7, 11) is 0. The van der Waals surface area contributed by atoms with Gasteiger partial charge in [0.1, 0.15) is 0 Å². The number of anilines is 1. The lowest BCUT2D eigenvalue weighted by molar-refractivity contribution is 0.590. The van der Waals surface area contributed by atoms with Gasteiger partial charge >= 0.3 is 0 Å². The smallest absolute Gasteiger partial charge is 0.0872 e. The Morgan fingerprint density at radius 1 is 0.957 bits per heavy atom. The Hall–Kier alpha value is -1.91. The Kier molecular flexibility index (Phi) is 4.02. The van der Waals surface area contributed by atoms with Gasteiger partial charge in [0.2, 0.25) is 0 Å². The van der Waals surface area contributed by atoms with E-state index in [4.69, 9.17) is 4.98 Å². The molecular formula is C19H18BrN3. The molecule has 4 heteroatoms. The van der Waals surface area contributed by atoms with Gasteiger partial charge in [-0.15, -0.1) is 0 Å². The predicted octanol–water partition coefficient (Wildman–Crippen LogP) is 4.07. The SMILES string of the molecule is Brc1cccc2c(N3CCNCC3)cc(-c3ccccc3)nc12. The second-order valence-corrected chi connectivity index (χ2v) is 6.62. The number of aromatic nitrogens is 1. The van der Waals surface area contributed by atoms with Crippen molar-refractivity contribution < 1.29 is 0 Å². The van der Waals surface area contributed by atoms with Crippen LogP contribution in [0, 0.1) is 0 Å². The third-order valence-electron chi connectivity index (χ3n) is 4.30. The molecule has 116 valence electrons. The van der Waals surface area contributed by atoms with Crippen molar-refractivity contribution in [3.8, 4) is 11.3 Å². The Bertz CT molecular complexity index is 827. The van der Waals surface area contributed by atoms with Crippen molar-refractivity contribution in [2.45, 2.75) is 0 Å². The molecule has 0 radical (unpaired) electrons. The van der Waals surface area contributed by atoms with Crippen molar-refractivity contribution in [3.63, 3.8) is 0 Å². The molecule has 1 N–H and O–H groups in total. The summed E-state index contributed by atoms with van der Waals surface area (Å²) in [5.74, 6) is 0. The van der Waals surface area contributed by atoms with Crippen LogP contribution in [0.2, 0.25) is 0 Å². The molecule has 0 unspecified atom stereocenters. The Morgan fingerprint density at radius 3 is 2.52 bits per heavy atom. The molecule has 0 saturated carbocycles. The highest BCUT2D eigenvalue weighted by atomic mass is 79.9. The number of rotatable bonds is 2. The van der Waals surface area contributed by atoms with Crippen molar-refractivity contribution >= 4 is 32.5 Å². The zero-order valence-corrected chi connectivity index (χ0v) is 14.4. The number of para-hydroxylation sites is 1. The van der Waals surface area contributed by atoms with Crippen LogP contribution in [0.15, 0.2) is 59.1 Å². The molecule has 0 aliphatic carbocycles. The molecule has 0 spiro atoms. The molecule has 0 amide bonds. The average Bonchev–Trinajstić information content (AvgIpc) is 2.63. The van der Waals surface area contributed by atoms with Crippen molar-refractivity contribution in [3.05, 3.63) is 59.1 Å². The van der Waals surface area contributed by atoms with E-state index in [1.165, 1.54) is 11.1 Å². The molecule has 3 nitrogen and oxygen atoms in total. The van der Waals surface area contributed by atoms with Gasteiger partial charge in [0.15, 0.2) is 0 Å². The van der Waals surface area contributed by atoms with Crippen LogP contribution in [0.5, 0.6) is 0 Å². The maximum Gasteiger partial charge on any atom is 0.0872 e. The molecule has 1 fully saturated rings. The first kappa shape index (κ1) is 14.7. The third kappa shape index (κ3) is 2.84. The number of nitrogens with one attached hydrogen (secondary N) is 1. The molecule has 0 atom stereocenters. The summed E-state index contributed by atoms with van der Waals surface area (Å²) < 4.78 is 1.05. The fourth-order valence-corrected chi connectivity index (χ4v) is 3.57. The molecule has 1 aliphatic heterocycles. The van der Waals surface area contributed by atoms with Crippen molar-refractivity contribution in [1.29, 1.82) is 0 Å². The number of halogens is 1. The maximum absolute atomic E-state index is 4.91.